The number of carbonyl (C=O) groups excluding carboxylic acids is 1. The summed E-state index contributed by atoms with van der Waals surface area (Å²) in [6, 6.07) is 4.97. The van der Waals surface area contributed by atoms with Crippen molar-refractivity contribution in [2.45, 2.75) is 39.2 Å². The molecular weight excluding hydrogens is 274 g/mol. The number of unbranched alkanes of at least 4 members (excludes halogenated alkanes) is 2. The van der Waals surface area contributed by atoms with Gasteiger partial charge >= 0.3 is 0 Å². The van der Waals surface area contributed by atoms with Crippen molar-refractivity contribution in [2.75, 3.05) is 24.2 Å². The monoisotopic (exact) mass is 297 g/mol. The molecule has 0 aliphatic carbocycles. The topological polar surface area (TPSA) is 58.4 Å². The highest BCUT2D eigenvalue weighted by atomic mass is 35.5. The van der Waals surface area contributed by atoms with Crippen molar-refractivity contribution in [1.82, 2.24) is 5.32 Å². The Kier molecular flexibility index (Phi) is 6.65. The first kappa shape index (κ1) is 16.6. The van der Waals surface area contributed by atoms with E-state index in [1.54, 1.807) is 18.2 Å². The number of anilines is 2. The van der Waals surface area contributed by atoms with Crippen LogP contribution in [0.1, 0.15) is 33.1 Å². The second-order valence-electron chi connectivity index (χ2n) is 4.99. The van der Waals surface area contributed by atoms with Crippen LogP contribution in [0.4, 0.5) is 11.4 Å². The van der Waals surface area contributed by atoms with Gasteiger partial charge in [-0.05, 0) is 31.5 Å². The minimum absolute atomic E-state index is 0.00276. The van der Waals surface area contributed by atoms with E-state index < -0.39 is 0 Å². The van der Waals surface area contributed by atoms with E-state index in [1.807, 2.05) is 18.9 Å². The summed E-state index contributed by atoms with van der Waals surface area (Å²) in [6.07, 6.45) is 3.29. The molecule has 0 heterocycles. The van der Waals surface area contributed by atoms with Crippen LogP contribution >= 0.6 is 11.6 Å². The van der Waals surface area contributed by atoms with Crippen molar-refractivity contribution >= 4 is 28.9 Å². The Labute approximate surface area is 126 Å². The van der Waals surface area contributed by atoms with Crippen LogP contribution in [0.5, 0.6) is 0 Å². The number of likely N-dealkylation sites (N-methyl/N-ethyl adjacent to an activating group) is 1. The van der Waals surface area contributed by atoms with Crippen LogP contribution in [0, 0.1) is 0 Å². The summed E-state index contributed by atoms with van der Waals surface area (Å²) in [6.45, 7) is 4.71. The molecule has 0 bridgehead atoms. The first-order chi connectivity index (χ1) is 9.47. The maximum atomic E-state index is 12.1. The first-order valence-electron chi connectivity index (χ1n) is 7.03. The fourth-order valence-electron chi connectivity index (χ4n) is 1.94. The summed E-state index contributed by atoms with van der Waals surface area (Å²) < 4.78 is 0. The van der Waals surface area contributed by atoms with Crippen molar-refractivity contribution in [3.05, 3.63) is 23.2 Å². The summed E-state index contributed by atoms with van der Waals surface area (Å²) >= 11 is 5.98. The van der Waals surface area contributed by atoms with Crippen LogP contribution in [-0.2, 0) is 4.79 Å². The molecule has 0 fully saturated rings. The molecule has 0 aliphatic heterocycles. The number of hydrogen-bond donors (Lipinski definition) is 2. The van der Waals surface area contributed by atoms with E-state index in [-0.39, 0.29) is 11.9 Å². The lowest BCUT2D eigenvalue weighted by Gasteiger charge is -2.27. The van der Waals surface area contributed by atoms with Gasteiger partial charge in [-0.15, -0.1) is 0 Å². The Morgan fingerprint density at radius 2 is 2.15 bits per heavy atom. The van der Waals surface area contributed by atoms with E-state index in [1.165, 1.54) is 0 Å². The van der Waals surface area contributed by atoms with Gasteiger partial charge in [0.25, 0.3) is 0 Å². The molecule has 1 amide bonds. The lowest BCUT2D eigenvalue weighted by molar-refractivity contribution is -0.122. The Morgan fingerprint density at radius 1 is 1.45 bits per heavy atom. The van der Waals surface area contributed by atoms with E-state index in [9.17, 15) is 4.79 Å². The zero-order chi connectivity index (χ0) is 15.1. The first-order valence-corrected chi connectivity index (χ1v) is 7.40. The smallest absolute Gasteiger partial charge is 0.242 e. The van der Waals surface area contributed by atoms with Crippen molar-refractivity contribution in [3.8, 4) is 0 Å². The molecule has 112 valence electrons. The standard InChI is InChI=1S/C15H24ClN3O/c1-4-5-6-9-18-15(20)11(2)19(3)14-10-12(16)7-8-13(14)17/h7-8,10-11H,4-6,9,17H2,1-3H3,(H,18,20). The lowest BCUT2D eigenvalue weighted by Crippen LogP contribution is -2.43. The third kappa shape index (κ3) is 4.60. The molecule has 0 aromatic heterocycles. The minimum atomic E-state index is -0.294. The lowest BCUT2D eigenvalue weighted by atomic mass is 10.2. The Bertz CT molecular complexity index is 451. The molecule has 0 spiro atoms. The molecule has 1 atom stereocenters. The van der Waals surface area contributed by atoms with Gasteiger partial charge in [0.15, 0.2) is 0 Å². The van der Waals surface area contributed by atoms with E-state index in [4.69, 9.17) is 17.3 Å². The Hall–Kier alpha value is -1.42. The normalized spacial score (nSPS) is 12.0. The predicted molar refractivity (Wildman–Crippen MR) is 86.3 cm³/mol. The number of halogens is 1. The minimum Gasteiger partial charge on any atom is -0.397 e. The highest BCUT2D eigenvalue weighted by Crippen LogP contribution is 2.27. The SMILES string of the molecule is CCCCCNC(=O)C(C)N(C)c1cc(Cl)ccc1N. The number of hydrogen-bond acceptors (Lipinski definition) is 3. The number of nitrogens with one attached hydrogen (secondary N) is 1. The van der Waals surface area contributed by atoms with Crippen LogP contribution in [-0.4, -0.2) is 25.5 Å². The quantitative estimate of drug-likeness (QED) is 0.601. The number of nitrogens with two attached hydrogens (primary N) is 1. The summed E-state index contributed by atoms with van der Waals surface area (Å²) in [4.78, 5) is 13.9. The molecule has 5 heteroatoms. The van der Waals surface area contributed by atoms with Crippen molar-refractivity contribution in [1.29, 1.82) is 0 Å². The fraction of sp³-hybridized carbons (Fsp3) is 0.533. The molecule has 20 heavy (non-hydrogen) atoms. The largest absolute Gasteiger partial charge is 0.397 e. The predicted octanol–water partition coefficient (Wildman–Crippen LogP) is 3.05. The number of carbonyl (C=O) groups is 1. The Balaban J connectivity index is 2.63. The average molecular weight is 298 g/mol. The maximum Gasteiger partial charge on any atom is 0.242 e. The molecule has 1 aromatic carbocycles. The molecule has 0 saturated carbocycles. The summed E-state index contributed by atoms with van der Waals surface area (Å²) in [7, 11) is 1.85. The highest BCUT2D eigenvalue weighted by molar-refractivity contribution is 6.31. The Morgan fingerprint density at radius 3 is 2.80 bits per heavy atom. The summed E-state index contributed by atoms with van der Waals surface area (Å²) in [5.41, 5.74) is 7.32. The third-order valence-corrected chi connectivity index (χ3v) is 3.65. The van der Waals surface area contributed by atoms with Gasteiger partial charge in [-0.1, -0.05) is 31.4 Å². The van der Waals surface area contributed by atoms with E-state index in [0.29, 0.717) is 10.7 Å². The number of benzene rings is 1. The van der Waals surface area contributed by atoms with E-state index in [2.05, 4.69) is 12.2 Å². The molecule has 0 radical (unpaired) electrons. The molecule has 0 saturated heterocycles. The van der Waals surface area contributed by atoms with Gasteiger partial charge in [0.05, 0.1) is 11.4 Å². The highest BCUT2D eigenvalue weighted by Gasteiger charge is 2.19. The van der Waals surface area contributed by atoms with Crippen LogP contribution in [0.2, 0.25) is 5.02 Å². The summed E-state index contributed by atoms with van der Waals surface area (Å²) in [5, 5.41) is 3.56. The van der Waals surface area contributed by atoms with E-state index in [0.717, 1.165) is 31.5 Å². The number of nitrogens with zero attached hydrogens (tertiary/aromatic N) is 1. The molecule has 1 rings (SSSR count). The van der Waals surface area contributed by atoms with Gasteiger partial charge in [0, 0.05) is 18.6 Å². The maximum absolute atomic E-state index is 12.1. The molecule has 3 N–H and O–H groups in total. The van der Waals surface area contributed by atoms with Crippen LogP contribution in [0.3, 0.4) is 0 Å². The van der Waals surface area contributed by atoms with Crippen molar-refractivity contribution < 1.29 is 4.79 Å². The van der Waals surface area contributed by atoms with Crippen molar-refractivity contribution in [2.24, 2.45) is 0 Å². The molecule has 1 unspecified atom stereocenters. The second kappa shape index (κ2) is 8.00. The van der Waals surface area contributed by atoms with Gasteiger partial charge in [-0.2, -0.15) is 0 Å². The average Bonchev–Trinajstić information content (AvgIpc) is 2.44. The number of nitrogen functional groups attached to an aromatic ring is 1. The molecule has 1 aromatic rings. The van der Waals surface area contributed by atoms with Gasteiger partial charge in [0.1, 0.15) is 6.04 Å². The van der Waals surface area contributed by atoms with Gasteiger partial charge in [-0.3, -0.25) is 4.79 Å². The van der Waals surface area contributed by atoms with E-state index >= 15 is 0 Å². The van der Waals surface area contributed by atoms with Gasteiger partial charge < -0.3 is 16.0 Å². The van der Waals surface area contributed by atoms with Gasteiger partial charge in [-0.25, -0.2) is 0 Å². The summed E-state index contributed by atoms with van der Waals surface area (Å²) in [5.74, 6) is 0.00276. The van der Waals surface area contributed by atoms with Crippen LogP contribution in [0.25, 0.3) is 0 Å². The van der Waals surface area contributed by atoms with Crippen molar-refractivity contribution in [3.63, 3.8) is 0 Å². The number of amides is 1. The second-order valence-corrected chi connectivity index (χ2v) is 5.42. The number of rotatable bonds is 7. The zero-order valence-corrected chi connectivity index (χ0v) is 13.2. The zero-order valence-electron chi connectivity index (χ0n) is 12.4. The molecule has 4 nitrogen and oxygen atoms in total. The van der Waals surface area contributed by atoms with Crippen LogP contribution in [0.15, 0.2) is 18.2 Å². The van der Waals surface area contributed by atoms with Crippen LogP contribution < -0.4 is 16.0 Å². The molecule has 0 aliphatic rings. The third-order valence-electron chi connectivity index (χ3n) is 3.41. The molecular formula is C15H24ClN3O. The fourth-order valence-corrected chi connectivity index (χ4v) is 2.11. The van der Waals surface area contributed by atoms with Gasteiger partial charge in [0.2, 0.25) is 5.91 Å².